The number of methoxy groups -OCH3 is 2. The monoisotopic (exact) mass is 266 g/mol. The lowest BCUT2D eigenvalue weighted by Gasteiger charge is -2.29. The van der Waals surface area contributed by atoms with E-state index < -0.39 is 12.2 Å². The maximum Gasteiger partial charge on any atom is 0.169 e. The van der Waals surface area contributed by atoms with Gasteiger partial charge in [-0.2, -0.15) is 0 Å². The molecule has 2 N–H and O–H groups in total. The minimum atomic E-state index is -0.941. The third-order valence-corrected chi connectivity index (χ3v) is 3.61. The van der Waals surface area contributed by atoms with Crippen LogP contribution in [0.5, 0.6) is 11.5 Å². The standard InChI is InChI=1S/C14H18O5/c1-4-7-10(18-2)5-8-12(14(7)17)9(15)6-11(19-3)13(8)16/h5,11,13,16-17H,4,6H2,1-3H3. The van der Waals surface area contributed by atoms with E-state index in [2.05, 4.69) is 0 Å². The molecule has 0 fully saturated rings. The highest BCUT2D eigenvalue weighted by molar-refractivity contribution is 6.02. The summed E-state index contributed by atoms with van der Waals surface area (Å²) in [5.74, 6) is 0.166. The van der Waals surface area contributed by atoms with Gasteiger partial charge in [0, 0.05) is 24.7 Å². The van der Waals surface area contributed by atoms with Crippen molar-refractivity contribution in [1.82, 2.24) is 0 Å². The van der Waals surface area contributed by atoms with Gasteiger partial charge < -0.3 is 19.7 Å². The zero-order valence-electron chi connectivity index (χ0n) is 11.3. The molecule has 0 spiro atoms. The molecule has 2 unspecified atom stereocenters. The number of fused-ring (bicyclic) bond motifs is 1. The summed E-state index contributed by atoms with van der Waals surface area (Å²) in [7, 11) is 2.94. The van der Waals surface area contributed by atoms with Crippen LogP contribution in [-0.2, 0) is 11.2 Å². The van der Waals surface area contributed by atoms with Gasteiger partial charge in [0.05, 0.1) is 18.8 Å². The third-order valence-electron chi connectivity index (χ3n) is 3.61. The van der Waals surface area contributed by atoms with Crippen molar-refractivity contribution in [3.8, 4) is 11.5 Å². The van der Waals surface area contributed by atoms with Crippen molar-refractivity contribution in [2.75, 3.05) is 14.2 Å². The molecular weight excluding hydrogens is 248 g/mol. The topological polar surface area (TPSA) is 76.0 Å². The first-order valence-corrected chi connectivity index (χ1v) is 6.21. The summed E-state index contributed by atoms with van der Waals surface area (Å²) in [5, 5.41) is 20.4. The van der Waals surface area contributed by atoms with Crippen molar-refractivity contribution in [3.05, 3.63) is 22.8 Å². The van der Waals surface area contributed by atoms with Gasteiger partial charge in [-0.05, 0) is 12.5 Å². The quantitative estimate of drug-likeness (QED) is 0.869. The fourth-order valence-electron chi connectivity index (χ4n) is 2.56. The lowest BCUT2D eigenvalue weighted by molar-refractivity contribution is -0.0195. The van der Waals surface area contributed by atoms with Crippen molar-refractivity contribution in [2.24, 2.45) is 0 Å². The van der Waals surface area contributed by atoms with E-state index in [0.717, 1.165) is 0 Å². The van der Waals surface area contributed by atoms with Crippen LogP contribution in [0.4, 0.5) is 0 Å². The zero-order valence-corrected chi connectivity index (χ0v) is 11.3. The van der Waals surface area contributed by atoms with E-state index in [9.17, 15) is 15.0 Å². The molecule has 5 nitrogen and oxygen atoms in total. The molecule has 0 amide bonds. The summed E-state index contributed by atoms with van der Waals surface area (Å²) in [6, 6.07) is 1.61. The van der Waals surface area contributed by atoms with E-state index in [4.69, 9.17) is 9.47 Å². The number of phenolic OH excluding ortho intramolecular Hbond substituents is 1. The molecule has 0 saturated heterocycles. The molecule has 0 aromatic heterocycles. The Bertz CT molecular complexity index is 509. The van der Waals surface area contributed by atoms with Crippen molar-refractivity contribution in [3.63, 3.8) is 0 Å². The Morgan fingerprint density at radius 2 is 2.11 bits per heavy atom. The van der Waals surface area contributed by atoms with Crippen LogP contribution in [0.1, 0.15) is 40.9 Å². The third kappa shape index (κ3) is 2.09. The fraction of sp³-hybridized carbons (Fsp3) is 0.500. The second kappa shape index (κ2) is 5.19. The summed E-state index contributed by atoms with van der Waals surface area (Å²) in [5.41, 5.74) is 1.14. The molecule has 0 heterocycles. The molecule has 2 rings (SSSR count). The molecule has 0 saturated carbocycles. The van der Waals surface area contributed by atoms with Crippen LogP contribution in [0, 0.1) is 0 Å². The van der Waals surface area contributed by atoms with E-state index >= 15 is 0 Å². The highest BCUT2D eigenvalue weighted by Crippen LogP contribution is 2.42. The molecule has 1 aromatic rings. The molecule has 1 aliphatic rings. The minimum absolute atomic E-state index is 0.0632. The number of phenols is 1. The Hall–Kier alpha value is -1.59. The number of rotatable bonds is 3. The van der Waals surface area contributed by atoms with Gasteiger partial charge in [0.1, 0.15) is 17.6 Å². The number of hydrogen-bond donors (Lipinski definition) is 2. The number of carbonyl (C=O) groups is 1. The van der Waals surface area contributed by atoms with Crippen LogP contribution in [-0.4, -0.2) is 36.3 Å². The highest BCUT2D eigenvalue weighted by atomic mass is 16.5. The Morgan fingerprint density at radius 1 is 1.42 bits per heavy atom. The molecule has 0 aliphatic heterocycles. The normalized spacial score (nSPS) is 22.2. The summed E-state index contributed by atoms with van der Waals surface area (Å²) in [6.07, 6.45) is -0.924. The van der Waals surface area contributed by atoms with Crippen LogP contribution in [0.25, 0.3) is 0 Å². The van der Waals surface area contributed by atoms with Crippen molar-refractivity contribution in [2.45, 2.75) is 32.0 Å². The van der Waals surface area contributed by atoms with Gasteiger partial charge in [-0.25, -0.2) is 0 Å². The molecule has 19 heavy (non-hydrogen) atoms. The molecule has 1 aliphatic carbocycles. The Labute approximate surface area is 111 Å². The van der Waals surface area contributed by atoms with Crippen molar-refractivity contribution < 1.29 is 24.5 Å². The fourth-order valence-corrected chi connectivity index (χ4v) is 2.56. The summed E-state index contributed by atoms with van der Waals surface area (Å²) in [6.45, 7) is 1.87. The first kappa shape index (κ1) is 13.8. The predicted molar refractivity (Wildman–Crippen MR) is 68.7 cm³/mol. The number of hydrogen-bond acceptors (Lipinski definition) is 5. The molecular formula is C14H18O5. The molecule has 2 atom stereocenters. The summed E-state index contributed by atoms with van der Waals surface area (Å²) in [4.78, 5) is 12.1. The van der Waals surface area contributed by atoms with Gasteiger partial charge in [-0.1, -0.05) is 6.92 Å². The second-order valence-electron chi connectivity index (χ2n) is 4.57. The van der Waals surface area contributed by atoms with Crippen LogP contribution in [0.2, 0.25) is 0 Å². The number of aliphatic hydroxyl groups is 1. The van der Waals surface area contributed by atoms with Crippen molar-refractivity contribution >= 4 is 5.78 Å². The van der Waals surface area contributed by atoms with Crippen LogP contribution in [0.15, 0.2) is 6.07 Å². The number of aliphatic hydroxyl groups excluding tert-OH is 1. The highest BCUT2D eigenvalue weighted by Gasteiger charge is 2.36. The zero-order chi connectivity index (χ0) is 14.2. The van der Waals surface area contributed by atoms with E-state index in [1.165, 1.54) is 14.2 Å². The summed E-state index contributed by atoms with van der Waals surface area (Å²) >= 11 is 0. The average Bonchev–Trinajstić information content (AvgIpc) is 2.41. The molecule has 1 aromatic carbocycles. The number of carbonyl (C=O) groups excluding carboxylic acids is 1. The van der Waals surface area contributed by atoms with Gasteiger partial charge >= 0.3 is 0 Å². The van der Waals surface area contributed by atoms with Crippen LogP contribution >= 0.6 is 0 Å². The Kier molecular flexibility index (Phi) is 3.78. The summed E-state index contributed by atoms with van der Waals surface area (Å²) < 4.78 is 10.3. The van der Waals surface area contributed by atoms with Crippen LogP contribution < -0.4 is 4.74 Å². The average molecular weight is 266 g/mol. The first-order valence-electron chi connectivity index (χ1n) is 6.21. The predicted octanol–water partition coefficient (Wildman–Crippen LogP) is 1.60. The molecule has 0 radical (unpaired) electrons. The maximum atomic E-state index is 12.1. The SMILES string of the molecule is CCc1c(OC)cc2c(c1O)C(=O)CC(OC)C2O. The van der Waals surface area contributed by atoms with E-state index in [1.54, 1.807) is 6.07 Å². The molecule has 0 bridgehead atoms. The number of benzene rings is 1. The lowest BCUT2D eigenvalue weighted by Crippen LogP contribution is -2.31. The smallest absolute Gasteiger partial charge is 0.169 e. The van der Waals surface area contributed by atoms with Gasteiger partial charge in [-0.3, -0.25) is 4.79 Å². The van der Waals surface area contributed by atoms with E-state index in [-0.39, 0.29) is 23.5 Å². The number of ether oxygens (including phenoxy) is 2. The first-order chi connectivity index (χ1) is 9.04. The van der Waals surface area contributed by atoms with Gasteiger partial charge in [0.2, 0.25) is 0 Å². The lowest BCUT2D eigenvalue weighted by atomic mass is 9.84. The number of Topliss-reactive ketones (excluding diaryl/α,β-unsaturated/α-hetero) is 1. The Balaban J connectivity index is 2.66. The van der Waals surface area contributed by atoms with Gasteiger partial charge in [0.15, 0.2) is 5.78 Å². The van der Waals surface area contributed by atoms with Gasteiger partial charge in [0.25, 0.3) is 0 Å². The second-order valence-corrected chi connectivity index (χ2v) is 4.57. The van der Waals surface area contributed by atoms with E-state index in [1.807, 2.05) is 6.92 Å². The van der Waals surface area contributed by atoms with Gasteiger partial charge in [-0.15, -0.1) is 0 Å². The van der Waals surface area contributed by atoms with Crippen LogP contribution in [0.3, 0.4) is 0 Å². The molecule has 104 valence electrons. The minimum Gasteiger partial charge on any atom is -0.507 e. The maximum absolute atomic E-state index is 12.1. The number of aromatic hydroxyl groups is 1. The molecule has 5 heteroatoms. The van der Waals surface area contributed by atoms with E-state index in [0.29, 0.717) is 23.3 Å². The number of ketones is 1. The Morgan fingerprint density at radius 3 is 2.63 bits per heavy atom. The largest absolute Gasteiger partial charge is 0.507 e. The van der Waals surface area contributed by atoms with Crippen molar-refractivity contribution in [1.29, 1.82) is 0 Å².